The van der Waals surface area contributed by atoms with Gasteiger partial charge in [-0.1, -0.05) is 0 Å². The molecule has 3 N–H and O–H groups in total. The summed E-state index contributed by atoms with van der Waals surface area (Å²) in [5.41, 5.74) is 1.26. The Morgan fingerprint density at radius 2 is 1.93 bits per heavy atom. The van der Waals surface area contributed by atoms with Gasteiger partial charge < -0.3 is 20.0 Å². The number of ether oxygens (including phenoxy) is 1. The lowest BCUT2D eigenvalue weighted by atomic mass is 10.1. The minimum absolute atomic E-state index is 0.0196. The van der Waals surface area contributed by atoms with Crippen molar-refractivity contribution in [3.63, 3.8) is 0 Å². The Labute approximate surface area is 154 Å². The number of pyridine rings is 1. The van der Waals surface area contributed by atoms with E-state index in [1.54, 1.807) is 25.3 Å². The van der Waals surface area contributed by atoms with Crippen LogP contribution in [0.1, 0.15) is 16.1 Å². The lowest BCUT2D eigenvalue weighted by Crippen LogP contribution is -2.31. The molecule has 2 heterocycles. The summed E-state index contributed by atoms with van der Waals surface area (Å²) in [4.78, 5) is 44.8. The van der Waals surface area contributed by atoms with Gasteiger partial charge in [0.1, 0.15) is 11.3 Å². The number of aromatic amines is 2. The smallest absolute Gasteiger partial charge is 0.261 e. The van der Waals surface area contributed by atoms with Gasteiger partial charge in [-0.25, -0.2) is 4.98 Å². The predicted molar refractivity (Wildman–Crippen MR) is 99.9 cm³/mol. The van der Waals surface area contributed by atoms with Gasteiger partial charge in [0.2, 0.25) is 0 Å². The van der Waals surface area contributed by atoms with E-state index in [2.05, 4.69) is 20.3 Å². The molecule has 0 atom stereocenters. The van der Waals surface area contributed by atoms with Gasteiger partial charge in [0, 0.05) is 30.4 Å². The number of hydrogen-bond acceptors (Lipinski definition) is 5. The Morgan fingerprint density at radius 3 is 2.59 bits per heavy atom. The van der Waals surface area contributed by atoms with Gasteiger partial charge in [0.05, 0.1) is 13.4 Å². The van der Waals surface area contributed by atoms with Gasteiger partial charge in [-0.3, -0.25) is 14.4 Å². The lowest BCUT2D eigenvalue weighted by Gasteiger charge is -2.07. The summed E-state index contributed by atoms with van der Waals surface area (Å²) in [6.45, 7) is 0.259. The minimum Gasteiger partial charge on any atom is -0.497 e. The molecular weight excluding hydrogens is 348 g/mol. The summed E-state index contributed by atoms with van der Waals surface area (Å²) >= 11 is 0. The van der Waals surface area contributed by atoms with Crippen molar-refractivity contribution in [1.29, 1.82) is 0 Å². The van der Waals surface area contributed by atoms with Gasteiger partial charge >= 0.3 is 0 Å². The SMILES string of the molecule is COc1ccc(-c2ccc(C(=O)NCCc3cc(=O)[nH]cn3)c(=O)[nH]2)cc1. The van der Waals surface area contributed by atoms with E-state index in [4.69, 9.17) is 4.74 Å². The fourth-order valence-corrected chi connectivity index (χ4v) is 2.54. The van der Waals surface area contributed by atoms with E-state index in [0.29, 0.717) is 23.6 Å². The van der Waals surface area contributed by atoms with Crippen LogP contribution in [0.5, 0.6) is 5.75 Å². The number of benzene rings is 1. The van der Waals surface area contributed by atoms with Crippen molar-refractivity contribution in [3.05, 3.63) is 80.8 Å². The highest BCUT2D eigenvalue weighted by molar-refractivity contribution is 5.94. The van der Waals surface area contributed by atoms with Crippen molar-refractivity contribution in [2.24, 2.45) is 0 Å². The van der Waals surface area contributed by atoms with Crippen LogP contribution in [0.3, 0.4) is 0 Å². The predicted octanol–water partition coefficient (Wildman–Crippen LogP) is 1.11. The monoisotopic (exact) mass is 366 g/mol. The zero-order valence-corrected chi connectivity index (χ0v) is 14.6. The maximum absolute atomic E-state index is 12.3. The van der Waals surface area contributed by atoms with Crippen molar-refractivity contribution >= 4 is 5.91 Å². The second-order valence-electron chi connectivity index (χ2n) is 5.75. The normalized spacial score (nSPS) is 10.4. The van der Waals surface area contributed by atoms with Crippen molar-refractivity contribution in [3.8, 4) is 17.0 Å². The second-order valence-corrected chi connectivity index (χ2v) is 5.75. The third-order valence-corrected chi connectivity index (χ3v) is 3.96. The molecule has 0 unspecified atom stereocenters. The van der Waals surface area contributed by atoms with E-state index in [1.807, 2.05) is 12.1 Å². The number of H-pyrrole nitrogens is 2. The van der Waals surface area contributed by atoms with Crippen LogP contribution in [-0.2, 0) is 6.42 Å². The molecule has 0 bridgehead atoms. The molecular formula is C19H18N4O4. The molecule has 0 aliphatic rings. The zero-order valence-electron chi connectivity index (χ0n) is 14.6. The minimum atomic E-state index is -0.484. The van der Waals surface area contributed by atoms with Crippen LogP contribution in [0.4, 0.5) is 0 Å². The van der Waals surface area contributed by atoms with Crippen molar-refractivity contribution in [2.45, 2.75) is 6.42 Å². The maximum Gasteiger partial charge on any atom is 0.261 e. The number of amides is 1. The van der Waals surface area contributed by atoms with Gasteiger partial charge in [-0.2, -0.15) is 0 Å². The average Bonchev–Trinajstić information content (AvgIpc) is 2.68. The molecule has 3 rings (SSSR count). The van der Waals surface area contributed by atoms with Crippen LogP contribution in [-0.4, -0.2) is 34.5 Å². The van der Waals surface area contributed by atoms with Gasteiger partial charge in [0.15, 0.2) is 0 Å². The van der Waals surface area contributed by atoms with Gasteiger partial charge in [0.25, 0.3) is 17.0 Å². The Bertz CT molecular complexity index is 1050. The van der Waals surface area contributed by atoms with E-state index in [9.17, 15) is 14.4 Å². The van der Waals surface area contributed by atoms with E-state index in [-0.39, 0.29) is 17.7 Å². The van der Waals surface area contributed by atoms with E-state index in [1.165, 1.54) is 18.5 Å². The third-order valence-electron chi connectivity index (χ3n) is 3.96. The summed E-state index contributed by atoms with van der Waals surface area (Å²) in [6.07, 6.45) is 1.69. The summed E-state index contributed by atoms with van der Waals surface area (Å²) in [6, 6.07) is 11.7. The first kappa shape index (κ1) is 18.1. The molecule has 0 aliphatic heterocycles. The Hall–Kier alpha value is -3.68. The van der Waals surface area contributed by atoms with Crippen LogP contribution in [0.25, 0.3) is 11.3 Å². The highest BCUT2D eigenvalue weighted by atomic mass is 16.5. The van der Waals surface area contributed by atoms with Crippen LogP contribution in [0.15, 0.2) is 58.4 Å². The zero-order chi connectivity index (χ0) is 19.2. The van der Waals surface area contributed by atoms with E-state index in [0.717, 1.165) is 5.56 Å². The number of hydrogen-bond donors (Lipinski definition) is 3. The number of nitrogens with zero attached hydrogens (tertiary/aromatic N) is 1. The fourth-order valence-electron chi connectivity index (χ4n) is 2.54. The van der Waals surface area contributed by atoms with Crippen molar-refractivity contribution in [1.82, 2.24) is 20.3 Å². The highest BCUT2D eigenvalue weighted by Crippen LogP contribution is 2.19. The Kier molecular flexibility index (Phi) is 5.46. The maximum atomic E-state index is 12.3. The number of methoxy groups -OCH3 is 1. The number of carbonyl (C=O) groups excluding carboxylic acids is 1. The van der Waals surface area contributed by atoms with Crippen molar-refractivity contribution in [2.75, 3.05) is 13.7 Å². The van der Waals surface area contributed by atoms with Gasteiger partial charge in [-0.05, 0) is 42.0 Å². The molecule has 0 fully saturated rings. The number of aromatic nitrogens is 3. The molecule has 0 spiro atoms. The molecule has 8 nitrogen and oxygen atoms in total. The van der Waals surface area contributed by atoms with Crippen LogP contribution in [0, 0.1) is 0 Å². The summed E-state index contributed by atoms with van der Waals surface area (Å²) in [7, 11) is 1.58. The third kappa shape index (κ3) is 4.49. The summed E-state index contributed by atoms with van der Waals surface area (Å²) in [5, 5.41) is 2.65. The Balaban J connectivity index is 1.66. The average molecular weight is 366 g/mol. The Morgan fingerprint density at radius 1 is 1.15 bits per heavy atom. The molecule has 0 radical (unpaired) electrons. The molecule has 138 valence electrons. The number of rotatable bonds is 6. The fraction of sp³-hybridized carbons (Fsp3) is 0.158. The standard InChI is InChI=1S/C19H18N4O4/c1-27-14-4-2-12(3-5-14)16-7-6-15(19(26)23-16)18(25)20-9-8-13-10-17(24)22-11-21-13/h2-7,10-11H,8-9H2,1H3,(H,20,25)(H,23,26)(H,21,22,24). The number of carbonyl (C=O) groups is 1. The quantitative estimate of drug-likeness (QED) is 0.604. The largest absolute Gasteiger partial charge is 0.497 e. The topological polar surface area (TPSA) is 117 Å². The number of nitrogens with one attached hydrogen (secondary N) is 3. The van der Waals surface area contributed by atoms with E-state index >= 15 is 0 Å². The molecule has 1 amide bonds. The highest BCUT2D eigenvalue weighted by Gasteiger charge is 2.11. The van der Waals surface area contributed by atoms with Crippen LogP contribution >= 0.6 is 0 Å². The summed E-state index contributed by atoms with van der Waals surface area (Å²) in [5.74, 6) is 0.231. The van der Waals surface area contributed by atoms with E-state index < -0.39 is 11.5 Å². The van der Waals surface area contributed by atoms with Crippen LogP contribution < -0.4 is 21.2 Å². The molecule has 3 aromatic rings. The second kappa shape index (κ2) is 8.13. The molecule has 27 heavy (non-hydrogen) atoms. The first-order chi connectivity index (χ1) is 13.1. The first-order valence-corrected chi connectivity index (χ1v) is 8.26. The molecule has 2 aromatic heterocycles. The molecule has 0 saturated heterocycles. The summed E-state index contributed by atoms with van der Waals surface area (Å²) < 4.78 is 5.11. The lowest BCUT2D eigenvalue weighted by molar-refractivity contribution is 0.0952. The van der Waals surface area contributed by atoms with Crippen LogP contribution in [0.2, 0.25) is 0 Å². The van der Waals surface area contributed by atoms with Gasteiger partial charge in [-0.15, -0.1) is 0 Å². The molecule has 1 aromatic carbocycles. The molecule has 0 saturated carbocycles. The molecule has 8 heteroatoms. The van der Waals surface area contributed by atoms with Crippen molar-refractivity contribution < 1.29 is 9.53 Å². The first-order valence-electron chi connectivity index (χ1n) is 8.26. The molecule has 0 aliphatic carbocycles.